The highest BCUT2D eigenvalue weighted by Gasteiger charge is 2.60. The molecule has 0 aromatic heterocycles. The molecular weight excluding hydrogens is 426 g/mol. The molecular formula is C20H18BrN3O4. The third-order valence-electron chi connectivity index (χ3n) is 4.35. The van der Waals surface area contributed by atoms with E-state index in [2.05, 4.69) is 26.5 Å². The van der Waals surface area contributed by atoms with Crippen molar-refractivity contribution in [2.45, 2.75) is 19.4 Å². The zero-order valence-corrected chi connectivity index (χ0v) is 16.9. The minimum atomic E-state index is -1.69. The Labute approximate surface area is 170 Å². The molecule has 0 bridgehead atoms. The van der Waals surface area contributed by atoms with Gasteiger partial charge in [0.2, 0.25) is 0 Å². The summed E-state index contributed by atoms with van der Waals surface area (Å²) in [6, 6.07) is 15.6. The van der Waals surface area contributed by atoms with Crippen molar-refractivity contribution in [1.29, 1.82) is 0 Å². The number of hydrazone groups is 1. The highest BCUT2D eigenvalue weighted by molar-refractivity contribution is 9.10. The fraction of sp³-hybridized carbons (Fsp3) is 0.200. The monoisotopic (exact) mass is 443 g/mol. The van der Waals surface area contributed by atoms with Gasteiger partial charge in [-0.15, -0.1) is 0 Å². The fourth-order valence-electron chi connectivity index (χ4n) is 2.95. The largest absolute Gasteiger partial charge is 0.464 e. The fourth-order valence-corrected chi connectivity index (χ4v) is 3.21. The SMILES string of the molecule is CCOC(=O)C1(C)/C(=N\Nc2ccc(Br)cc2)C(=O)C(=O)N1c1ccccc1. The summed E-state index contributed by atoms with van der Waals surface area (Å²) in [5, 5.41) is 4.13. The van der Waals surface area contributed by atoms with Crippen molar-refractivity contribution in [3.63, 3.8) is 0 Å². The lowest BCUT2D eigenvalue weighted by Crippen LogP contribution is -2.55. The van der Waals surface area contributed by atoms with Crippen LogP contribution < -0.4 is 10.3 Å². The van der Waals surface area contributed by atoms with Crippen LogP contribution in [0.3, 0.4) is 0 Å². The van der Waals surface area contributed by atoms with Crippen LogP contribution in [0.2, 0.25) is 0 Å². The van der Waals surface area contributed by atoms with Crippen LogP contribution in [0.15, 0.2) is 64.2 Å². The van der Waals surface area contributed by atoms with E-state index in [4.69, 9.17) is 4.74 Å². The lowest BCUT2D eigenvalue weighted by Gasteiger charge is -2.31. The predicted molar refractivity (Wildman–Crippen MR) is 109 cm³/mol. The van der Waals surface area contributed by atoms with E-state index in [1.807, 2.05) is 0 Å². The Bertz CT molecular complexity index is 944. The van der Waals surface area contributed by atoms with E-state index < -0.39 is 23.2 Å². The van der Waals surface area contributed by atoms with Gasteiger partial charge in [0, 0.05) is 10.2 Å². The summed E-state index contributed by atoms with van der Waals surface area (Å²) in [7, 11) is 0. The van der Waals surface area contributed by atoms with Crippen molar-refractivity contribution in [2.75, 3.05) is 16.9 Å². The molecule has 2 aromatic rings. The highest BCUT2D eigenvalue weighted by Crippen LogP contribution is 2.33. The third kappa shape index (κ3) is 3.43. The molecule has 1 N–H and O–H groups in total. The van der Waals surface area contributed by atoms with Gasteiger partial charge in [-0.2, -0.15) is 5.10 Å². The predicted octanol–water partition coefficient (Wildman–Crippen LogP) is 3.15. The Morgan fingerprint density at radius 2 is 1.79 bits per heavy atom. The van der Waals surface area contributed by atoms with Crippen molar-refractivity contribution >= 4 is 50.7 Å². The van der Waals surface area contributed by atoms with Crippen LogP contribution in [0.1, 0.15) is 13.8 Å². The van der Waals surface area contributed by atoms with Crippen LogP contribution in [0.4, 0.5) is 11.4 Å². The number of amides is 1. The van der Waals surface area contributed by atoms with Crippen molar-refractivity contribution in [3.8, 4) is 0 Å². The van der Waals surface area contributed by atoms with Gasteiger partial charge in [-0.1, -0.05) is 34.1 Å². The van der Waals surface area contributed by atoms with Gasteiger partial charge >= 0.3 is 11.9 Å². The average Bonchev–Trinajstić information content (AvgIpc) is 2.89. The summed E-state index contributed by atoms with van der Waals surface area (Å²) in [6.45, 7) is 3.22. The molecule has 28 heavy (non-hydrogen) atoms. The number of ketones is 1. The zero-order chi connectivity index (χ0) is 20.3. The molecule has 1 atom stereocenters. The van der Waals surface area contributed by atoms with Gasteiger partial charge in [0.1, 0.15) is 0 Å². The second-order valence-electron chi connectivity index (χ2n) is 6.18. The number of halogens is 1. The summed E-state index contributed by atoms with van der Waals surface area (Å²) >= 11 is 3.34. The lowest BCUT2D eigenvalue weighted by atomic mass is 9.95. The standard InChI is InChI=1S/C20H18BrN3O4/c1-3-28-19(27)20(2)17(23-22-14-11-9-13(21)10-12-14)16(25)18(26)24(20)15-7-5-4-6-8-15/h4-12,22H,3H2,1-2H3/b23-17-. The van der Waals surface area contributed by atoms with Crippen LogP contribution in [-0.4, -0.2) is 35.5 Å². The van der Waals surface area contributed by atoms with Crippen LogP contribution in [0.5, 0.6) is 0 Å². The van der Waals surface area contributed by atoms with Gasteiger partial charge in [0.15, 0.2) is 11.3 Å². The second-order valence-corrected chi connectivity index (χ2v) is 7.09. The number of carbonyl (C=O) groups excluding carboxylic acids is 3. The quantitative estimate of drug-likeness (QED) is 0.435. The number of carbonyl (C=O) groups is 3. The van der Waals surface area contributed by atoms with E-state index in [0.29, 0.717) is 11.4 Å². The minimum absolute atomic E-state index is 0.104. The Morgan fingerprint density at radius 3 is 2.39 bits per heavy atom. The smallest absolute Gasteiger partial charge is 0.338 e. The molecule has 1 unspecified atom stereocenters. The maximum absolute atomic E-state index is 12.8. The van der Waals surface area contributed by atoms with Gasteiger partial charge in [-0.3, -0.25) is 19.9 Å². The van der Waals surface area contributed by atoms with Crippen LogP contribution in [0.25, 0.3) is 0 Å². The topological polar surface area (TPSA) is 88.1 Å². The van der Waals surface area contributed by atoms with Gasteiger partial charge in [0.25, 0.3) is 5.78 Å². The summed E-state index contributed by atoms with van der Waals surface area (Å²) in [6.07, 6.45) is 0. The normalized spacial score (nSPS) is 20.5. The molecule has 1 fully saturated rings. The van der Waals surface area contributed by atoms with Crippen molar-refractivity contribution in [1.82, 2.24) is 0 Å². The zero-order valence-electron chi connectivity index (χ0n) is 15.3. The number of nitrogens with zero attached hydrogens (tertiary/aromatic N) is 2. The second kappa shape index (κ2) is 7.93. The first-order valence-electron chi connectivity index (χ1n) is 8.60. The van der Waals surface area contributed by atoms with Crippen LogP contribution >= 0.6 is 15.9 Å². The molecule has 1 saturated heterocycles. The maximum atomic E-state index is 12.8. The molecule has 2 aromatic carbocycles. The number of para-hydroxylation sites is 1. The highest BCUT2D eigenvalue weighted by atomic mass is 79.9. The van der Waals surface area contributed by atoms with E-state index in [9.17, 15) is 14.4 Å². The van der Waals surface area contributed by atoms with Gasteiger partial charge in [-0.05, 0) is 50.2 Å². The molecule has 0 saturated carbocycles. The lowest BCUT2D eigenvalue weighted by molar-refractivity contribution is -0.147. The molecule has 3 rings (SSSR count). The van der Waals surface area contributed by atoms with E-state index in [1.54, 1.807) is 61.5 Å². The first kappa shape index (κ1) is 19.8. The number of hydrogen-bond donors (Lipinski definition) is 1. The molecule has 7 nitrogen and oxygen atoms in total. The summed E-state index contributed by atoms with van der Waals surface area (Å²) in [5.41, 5.74) is 1.85. The molecule has 1 aliphatic rings. The number of hydrogen-bond acceptors (Lipinski definition) is 6. The molecule has 0 aliphatic carbocycles. The number of esters is 1. The third-order valence-corrected chi connectivity index (χ3v) is 4.88. The van der Waals surface area contributed by atoms with Gasteiger partial charge < -0.3 is 4.74 Å². The van der Waals surface area contributed by atoms with Gasteiger partial charge in [-0.25, -0.2) is 4.79 Å². The Balaban J connectivity index is 2.07. The average molecular weight is 444 g/mol. The summed E-state index contributed by atoms with van der Waals surface area (Å²) < 4.78 is 6.05. The van der Waals surface area contributed by atoms with Crippen LogP contribution in [-0.2, 0) is 19.1 Å². The molecule has 144 valence electrons. The first-order chi connectivity index (χ1) is 13.4. The molecule has 8 heteroatoms. The van der Waals surface area contributed by atoms with E-state index in [0.717, 1.165) is 9.37 Å². The van der Waals surface area contributed by atoms with Crippen molar-refractivity contribution < 1.29 is 19.1 Å². The number of benzene rings is 2. The molecule has 0 radical (unpaired) electrons. The van der Waals surface area contributed by atoms with E-state index >= 15 is 0 Å². The van der Waals surface area contributed by atoms with E-state index in [1.165, 1.54) is 6.92 Å². The molecule has 1 heterocycles. The van der Waals surface area contributed by atoms with E-state index in [-0.39, 0.29) is 12.3 Å². The molecule has 1 aliphatic heterocycles. The van der Waals surface area contributed by atoms with Crippen molar-refractivity contribution in [2.24, 2.45) is 5.10 Å². The molecule has 1 amide bonds. The number of nitrogens with one attached hydrogen (secondary N) is 1. The summed E-state index contributed by atoms with van der Waals surface area (Å²) in [4.78, 5) is 39.4. The Kier molecular flexibility index (Phi) is 5.60. The summed E-state index contributed by atoms with van der Waals surface area (Å²) in [5.74, 6) is -2.42. The first-order valence-corrected chi connectivity index (χ1v) is 9.39. The van der Waals surface area contributed by atoms with Gasteiger partial charge in [0.05, 0.1) is 12.3 Å². The number of anilines is 2. The molecule has 0 spiro atoms. The minimum Gasteiger partial charge on any atom is -0.464 e. The Hall–Kier alpha value is -3.00. The number of Topliss-reactive ketones (excluding diaryl/α,β-unsaturated/α-hetero) is 1. The number of rotatable bonds is 5. The van der Waals surface area contributed by atoms with Crippen LogP contribution in [0, 0.1) is 0 Å². The maximum Gasteiger partial charge on any atom is 0.338 e. The Morgan fingerprint density at radius 1 is 1.14 bits per heavy atom. The van der Waals surface area contributed by atoms with Crippen molar-refractivity contribution in [3.05, 3.63) is 59.1 Å². The number of ether oxygens (including phenoxy) is 1.